The molecule has 0 amide bonds. The molecule has 2 heterocycles. The normalized spacial score (nSPS) is 11.3. The standard InChI is InChI=1S/C16H14N4O2/c1-11-6-5-9-20-15(11)17-13(10-14(21)22)16(20)19-18-12-7-3-2-4-8-12/h2-9H,10H2,1H3,(H,21,22). The first-order valence-electron chi connectivity index (χ1n) is 6.80. The number of aromatic nitrogens is 2. The van der Waals surface area contributed by atoms with E-state index in [0.29, 0.717) is 22.8 Å². The van der Waals surface area contributed by atoms with Crippen molar-refractivity contribution in [3.63, 3.8) is 0 Å². The average Bonchev–Trinajstić information content (AvgIpc) is 2.84. The molecule has 0 radical (unpaired) electrons. The number of benzene rings is 1. The maximum absolute atomic E-state index is 11.0. The Labute approximate surface area is 126 Å². The van der Waals surface area contributed by atoms with Gasteiger partial charge in [0.2, 0.25) is 0 Å². The smallest absolute Gasteiger partial charge is 0.309 e. The monoisotopic (exact) mass is 294 g/mol. The predicted octanol–water partition coefficient (Wildman–Crippen LogP) is 3.69. The molecule has 0 saturated heterocycles. The van der Waals surface area contributed by atoms with E-state index in [1.807, 2.05) is 49.4 Å². The summed E-state index contributed by atoms with van der Waals surface area (Å²) in [7, 11) is 0. The van der Waals surface area contributed by atoms with E-state index in [4.69, 9.17) is 5.11 Å². The molecule has 0 unspecified atom stereocenters. The van der Waals surface area contributed by atoms with Crippen LogP contribution in [0.5, 0.6) is 0 Å². The molecule has 0 aliphatic rings. The fourth-order valence-corrected chi connectivity index (χ4v) is 2.21. The molecule has 6 nitrogen and oxygen atoms in total. The van der Waals surface area contributed by atoms with E-state index in [2.05, 4.69) is 15.2 Å². The number of hydrogen-bond donors (Lipinski definition) is 1. The Kier molecular flexibility index (Phi) is 3.65. The first-order valence-corrected chi connectivity index (χ1v) is 6.80. The van der Waals surface area contributed by atoms with Crippen LogP contribution in [0.3, 0.4) is 0 Å². The Hall–Kier alpha value is -3.02. The lowest BCUT2D eigenvalue weighted by Crippen LogP contribution is -2.00. The van der Waals surface area contributed by atoms with Crippen molar-refractivity contribution in [1.82, 2.24) is 9.38 Å². The van der Waals surface area contributed by atoms with Gasteiger partial charge in [-0.3, -0.25) is 9.20 Å². The van der Waals surface area contributed by atoms with Gasteiger partial charge in [0.25, 0.3) is 0 Å². The molecule has 1 aromatic carbocycles. The minimum Gasteiger partial charge on any atom is -0.481 e. The molecule has 0 saturated carbocycles. The zero-order chi connectivity index (χ0) is 15.5. The fraction of sp³-hybridized carbons (Fsp3) is 0.125. The second-order valence-electron chi connectivity index (χ2n) is 4.87. The van der Waals surface area contributed by atoms with Crippen LogP contribution in [-0.2, 0) is 11.2 Å². The summed E-state index contributed by atoms with van der Waals surface area (Å²) in [6, 6.07) is 13.1. The summed E-state index contributed by atoms with van der Waals surface area (Å²) in [5, 5.41) is 17.4. The summed E-state index contributed by atoms with van der Waals surface area (Å²) in [5.74, 6) is -0.498. The first-order chi connectivity index (χ1) is 10.6. The summed E-state index contributed by atoms with van der Waals surface area (Å²) in [6.07, 6.45) is 1.62. The average molecular weight is 294 g/mol. The number of aryl methyl sites for hydroxylation is 1. The largest absolute Gasteiger partial charge is 0.481 e. The molecule has 110 valence electrons. The Morgan fingerprint density at radius 2 is 1.95 bits per heavy atom. The van der Waals surface area contributed by atoms with E-state index in [1.165, 1.54) is 0 Å². The lowest BCUT2D eigenvalue weighted by atomic mass is 10.3. The Morgan fingerprint density at radius 1 is 1.18 bits per heavy atom. The van der Waals surface area contributed by atoms with Crippen LogP contribution < -0.4 is 0 Å². The summed E-state index contributed by atoms with van der Waals surface area (Å²) in [4.78, 5) is 15.4. The minimum absolute atomic E-state index is 0.190. The summed E-state index contributed by atoms with van der Waals surface area (Å²) >= 11 is 0. The third-order valence-electron chi connectivity index (χ3n) is 3.22. The van der Waals surface area contributed by atoms with Gasteiger partial charge in [-0.1, -0.05) is 24.3 Å². The van der Waals surface area contributed by atoms with Crippen molar-refractivity contribution in [2.45, 2.75) is 13.3 Å². The van der Waals surface area contributed by atoms with Gasteiger partial charge in [0.05, 0.1) is 17.8 Å². The number of imidazole rings is 1. The number of pyridine rings is 1. The van der Waals surface area contributed by atoms with Crippen LogP contribution in [0.25, 0.3) is 5.65 Å². The molecule has 0 fully saturated rings. The third kappa shape index (κ3) is 2.71. The SMILES string of the molecule is Cc1cccn2c(N=Nc3ccccc3)c(CC(=O)O)nc12. The van der Waals surface area contributed by atoms with Crippen LogP contribution in [0.2, 0.25) is 0 Å². The predicted molar refractivity (Wildman–Crippen MR) is 81.9 cm³/mol. The number of rotatable bonds is 4. The zero-order valence-corrected chi connectivity index (χ0v) is 12.0. The maximum atomic E-state index is 11.0. The number of nitrogens with zero attached hydrogens (tertiary/aromatic N) is 4. The van der Waals surface area contributed by atoms with Gasteiger partial charge in [-0.25, -0.2) is 4.98 Å². The van der Waals surface area contributed by atoms with Crippen molar-refractivity contribution >= 4 is 23.1 Å². The molecule has 3 aromatic rings. The molecule has 0 spiro atoms. The number of aliphatic carboxylic acids is 1. The molecular formula is C16H14N4O2. The summed E-state index contributed by atoms with van der Waals surface area (Å²) < 4.78 is 1.76. The molecule has 22 heavy (non-hydrogen) atoms. The molecule has 0 atom stereocenters. The first kappa shape index (κ1) is 13.9. The van der Waals surface area contributed by atoms with Gasteiger partial charge in [-0.15, -0.1) is 10.2 Å². The second kappa shape index (κ2) is 5.77. The van der Waals surface area contributed by atoms with E-state index in [1.54, 1.807) is 10.6 Å². The lowest BCUT2D eigenvalue weighted by molar-refractivity contribution is -0.136. The van der Waals surface area contributed by atoms with Crippen LogP contribution in [0.1, 0.15) is 11.3 Å². The van der Waals surface area contributed by atoms with Gasteiger partial charge in [-0.05, 0) is 30.7 Å². The third-order valence-corrected chi connectivity index (χ3v) is 3.22. The van der Waals surface area contributed by atoms with Crippen molar-refractivity contribution in [3.8, 4) is 0 Å². The molecule has 2 aromatic heterocycles. The highest BCUT2D eigenvalue weighted by Gasteiger charge is 2.15. The zero-order valence-electron chi connectivity index (χ0n) is 12.0. The molecule has 3 rings (SSSR count). The lowest BCUT2D eigenvalue weighted by Gasteiger charge is -1.98. The van der Waals surface area contributed by atoms with Gasteiger partial charge < -0.3 is 5.11 Å². The van der Waals surface area contributed by atoms with Crippen LogP contribution in [-0.4, -0.2) is 20.5 Å². The van der Waals surface area contributed by atoms with Gasteiger partial charge in [0.15, 0.2) is 5.82 Å². The Bertz CT molecular complexity index is 853. The van der Waals surface area contributed by atoms with Crippen molar-refractivity contribution < 1.29 is 9.90 Å². The molecule has 6 heteroatoms. The molecular weight excluding hydrogens is 280 g/mol. The van der Waals surface area contributed by atoms with Crippen molar-refractivity contribution in [3.05, 3.63) is 59.9 Å². The second-order valence-corrected chi connectivity index (χ2v) is 4.87. The number of carboxylic acids is 1. The van der Waals surface area contributed by atoms with Gasteiger partial charge in [0, 0.05) is 6.20 Å². The summed E-state index contributed by atoms with van der Waals surface area (Å²) in [5.41, 5.74) is 2.75. The molecule has 1 N–H and O–H groups in total. The Morgan fingerprint density at radius 3 is 2.68 bits per heavy atom. The molecule has 0 bridgehead atoms. The van der Waals surface area contributed by atoms with Crippen LogP contribution in [0.4, 0.5) is 11.5 Å². The highest BCUT2D eigenvalue weighted by molar-refractivity contribution is 5.72. The number of azo groups is 1. The number of hydrogen-bond acceptors (Lipinski definition) is 4. The van der Waals surface area contributed by atoms with Crippen molar-refractivity contribution in [2.24, 2.45) is 10.2 Å². The van der Waals surface area contributed by atoms with Gasteiger partial charge in [-0.2, -0.15) is 0 Å². The van der Waals surface area contributed by atoms with E-state index >= 15 is 0 Å². The molecule has 0 aliphatic heterocycles. The van der Waals surface area contributed by atoms with E-state index < -0.39 is 5.97 Å². The summed E-state index contributed by atoms with van der Waals surface area (Å²) in [6.45, 7) is 1.92. The van der Waals surface area contributed by atoms with Gasteiger partial charge >= 0.3 is 5.97 Å². The van der Waals surface area contributed by atoms with E-state index in [9.17, 15) is 4.79 Å². The maximum Gasteiger partial charge on any atom is 0.309 e. The van der Waals surface area contributed by atoms with Crippen LogP contribution >= 0.6 is 0 Å². The highest BCUT2D eigenvalue weighted by Crippen LogP contribution is 2.25. The van der Waals surface area contributed by atoms with Crippen molar-refractivity contribution in [1.29, 1.82) is 0 Å². The van der Waals surface area contributed by atoms with Gasteiger partial charge in [0.1, 0.15) is 5.65 Å². The van der Waals surface area contributed by atoms with Crippen LogP contribution in [0, 0.1) is 6.92 Å². The highest BCUT2D eigenvalue weighted by atomic mass is 16.4. The fourth-order valence-electron chi connectivity index (χ4n) is 2.21. The van der Waals surface area contributed by atoms with E-state index in [-0.39, 0.29) is 6.42 Å². The number of fused-ring (bicyclic) bond motifs is 1. The number of carboxylic acid groups (broad SMARTS) is 1. The minimum atomic E-state index is -0.947. The van der Waals surface area contributed by atoms with Crippen LogP contribution in [0.15, 0.2) is 58.9 Å². The number of carbonyl (C=O) groups is 1. The van der Waals surface area contributed by atoms with Crippen molar-refractivity contribution in [2.75, 3.05) is 0 Å². The topological polar surface area (TPSA) is 79.3 Å². The Balaban J connectivity index is 2.11. The molecule has 0 aliphatic carbocycles. The quantitative estimate of drug-likeness (QED) is 0.745. The van der Waals surface area contributed by atoms with E-state index in [0.717, 1.165) is 5.56 Å².